The summed E-state index contributed by atoms with van der Waals surface area (Å²) in [6.45, 7) is 4.30. The number of benzene rings is 11. The fourth-order valence-electron chi connectivity index (χ4n) is 13.2. The molecular weight excluding hydrogens is 953 g/mol. The Hall–Kier alpha value is -10.3. The number of aromatic nitrogens is 2. The number of hydrogen-bond donors (Lipinski definition) is 0. The minimum absolute atomic E-state index is 0.867. The van der Waals surface area contributed by atoms with Crippen molar-refractivity contribution >= 4 is 132 Å². The third-order valence-corrected chi connectivity index (χ3v) is 16.6. The number of fused-ring (bicyclic) bond motifs is 14. The largest absolute Gasteiger partial charge is 0.464 e. The average molecular weight is 999 g/mol. The lowest BCUT2D eigenvalue weighted by molar-refractivity contribution is 0.616. The molecule has 0 unspecified atom stereocenters. The van der Waals surface area contributed by atoms with Crippen LogP contribution in [0.2, 0.25) is 0 Å². The molecule has 0 bridgehead atoms. The first-order valence-corrected chi connectivity index (χ1v) is 26.7. The predicted molar refractivity (Wildman–Crippen MR) is 325 cm³/mol. The van der Waals surface area contributed by atoms with Crippen LogP contribution >= 0.6 is 0 Å². The third-order valence-electron chi connectivity index (χ3n) is 16.6. The van der Waals surface area contributed by atoms with Crippen LogP contribution in [0.1, 0.15) is 11.1 Å². The molecule has 0 amide bonds. The van der Waals surface area contributed by atoms with Gasteiger partial charge < -0.3 is 27.4 Å². The molecule has 0 aliphatic heterocycles. The maximum Gasteiger partial charge on any atom is 0.143 e. The molecule has 0 spiro atoms. The summed E-state index contributed by atoms with van der Waals surface area (Å²) in [4.78, 5) is 4.91. The lowest BCUT2D eigenvalue weighted by Gasteiger charge is -2.29. The van der Waals surface area contributed by atoms with E-state index >= 15 is 0 Å². The van der Waals surface area contributed by atoms with E-state index in [9.17, 15) is 0 Å². The van der Waals surface area contributed by atoms with Gasteiger partial charge in [-0.1, -0.05) is 145 Å². The van der Waals surface area contributed by atoms with Crippen molar-refractivity contribution in [2.75, 3.05) is 9.80 Å². The van der Waals surface area contributed by atoms with Crippen LogP contribution in [0.5, 0.6) is 0 Å². The molecule has 0 saturated carbocycles. The molecule has 78 heavy (non-hydrogen) atoms. The molecular formula is C72H46N4O2. The summed E-state index contributed by atoms with van der Waals surface area (Å²) in [6, 6.07) is 84.5. The molecule has 0 aliphatic carbocycles. The standard InChI is InChI=1S/C72H46N4O2/c1-43-21-27-49(28-22-43)73(59-33-25-47-37-39-77-71(47)65(59)45-13-5-3-6-14-45)61-35-31-51-55-41-64-56(42-63(55)75-57-19-11-9-17-53(57)67(61)69(51)75)52-32-36-62(68-54-18-10-12-20-58(54)76(64)70(52)68)74(50-29-23-44(2)24-30-50)60-34-26-48-38-40-78-72(48)66(60)46-15-7-4-8-16-46/h3-42H,1-2H3. The first-order valence-electron chi connectivity index (χ1n) is 26.7. The smallest absolute Gasteiger partial charge is 0.143 e. The summed E-state index contributed by atoms with van der Waals surface area (Å²) in [5, 5.41) is 11.8. The summed E-state index contributed by atoms with van der Waals surface area (Å²) >= 11 is 0. The average Bonchev–Trinajstić information content (AvgIpc) is 4.42. The lowest BCUT2D eigenvalue weighted by atomic mass is 9.98. The van der Waals surface area contributed by atoms with Crippen LogP contribution < -0.4 is 9.80 Å². The fraction of sp³-hybridized carbons (Fsp3) is 0.0278. The molecule has 0 N–H and O–H groups in total. The minimum Gasteiger partial charge on any atom is -0.464 e. The number of furan rings is 2. The molecule has 366 valence electrons. The molecule has 11 aromatic carbocycles. The van der Waals surface area contributed by atoms with Crippen molar-refractivity contribution in [1.82, 2.24) is 8.80 Å². The van der Waals surface area contributed by atoms with Crippen molar-refractivity contribution < 1.29 is 8.83 Å². The van der Waals surface area contributed by atoms with Gasteiger partial charge in [-0.05, 0) is 122 Å². The molecule has 0 aliphatic rings. The van der Waals surface area contributed by atoms with Crippen LogP contribution in [0.15, 0.2) is 252 Å². The van der Waals surface area contributed by atoms with Crippen molar-refractivity contribution in [2.24, 2.45) is 0 Å². The summed E-state index contributed by atoms with van der Waals surface area (Å²) in [6.07, 6.45) is 3.61. The van der Waals surface area contributed by atoms with E-state index < -0.39 is 0 Å². The Bertz CT molecular complexity index is 4890. The van der Waals surface area contributed by atoms with Gasteiger partial charge in [-0.3, -0.25) is 0 Å². The van der Waals surface area contributed by atoms with Crippen molar-refractivity contribution in [3.63, 3.8) is 0 Å². The van der Waals surface area contributed by atoms with Gasteiger partial charge in [0.1, 0.15) is 11.2 Å². The Morgan fingerprint density at radius 2 is 0.718 bits per heavy atom. The molecule has 6 heterocycles. The maximum absolute atomic E-state index is 6.38. The van der Waals surface area contributed by atoms with Crippen LogP contribution in [0.4, 0.5) is 34.1 Å². The zero-order valence-corrected chi connectivity index (χ0v) is 42.7. The van der Waals surface area contributed by atoms with E-state index in [1.807, 2.05) is 0 Å². The molecule has 17 aromatic rings. The van der Waals surface area contributed by atoms with Gasteiger partial charge in [0, 0.05) is 76.4 Å². The SMILES string of the molecule is Cc1ccc(N(c2ccc3ccoc3c2-c2ccccc2)c2ccc3c4cc5c(cc4n4c6ccccc6c2c34)c2ccc(N(c3ccc(C)cc3)c3ccc4ccoc4c3-c3ccccc3)c3c4ccccc4n5c23)cc1. The fourth-order valence-corrected chi connectivity index (χ4v) is 13.2. The van der Waals surface area contributed by atoms with Crippen LogP contribution in [0.3, 0.4) is 0 Å². The summed E-state index contributed by atoms with van der Waals surface area (Å²) in [5.41, 5.74) is 22.0. The van der Waals surface area contributed by atoms with E-state index in [2.05, 4.69) is 263 Å². The van der Waals surface area contributed by atoms with E-state index in [1.54, 1.807) is 12.5 Å². The van der Waals surface area contributed by atoms with Crippen LogP contribution in [0.25, 0.3) is 120 Å². The summed E-state index contributed by atoms with van der Waals surface area (Å²) in [7, 11) is 0. The Morgan fingerprint density at radius 1 is 0.321 bits per heavy atom. The molecule has 6 nitrogen and oxygen atoms in total. The number of anilines is 6. The van der Waals surface area contributed by atoms with Crippen LogP contribution in [0, 0.1) is 13.8 Å². The number of aryl methyl sites for hydroxylation is 2. The van der Waals surface area contributed by atoms with Gasteiger partial charge in [-0.15, -0.1) is 0 Å². The van der Waals surface area contributed by atoms with Crippen molar-refractivity contribution in [1.29, 1.82) is 0 Å². The van der Waals surface area contributed by atoms with Gasteiger partial charge in [0.25, 0.3) is 0 Å². The summed E-state index contributed by atoms with van der Waals surface area (Å²) in [5.74, 6) is 0. The highest BCUT2D eigenvalue weighted by Crippen LogP contribution is 2.54. The van der Waals surface area contributed by atoms with Crippen molar-refractivity contribution in [3.05, 3.63) is 254 Å². The highest BCUT2D eigenvalue weighted by atomic mass is 16.3. The zero-order chi connectivity index (χ0) is 51.3. The number of rotatable bonds is 8. The second-order valence-electron chi connectivity index (χ2n) is 21.0. The first-order chi connectivity index (χ1) is 38.6. The lowest BCUT2D eigenvalue weighted by Crippen LogP contribution is -2.12. The molecule has 0 fully saturated rings. The molecule has 6 heteroatoms. The van der Waals surface area contributed by atoms with Crippen molar-refractivity contribution in [2.45, 2.75) is 13.8 Å². The third kappa shape index (κ3) is 5.91. The Kier molecular flexibility index (Phi) is 8.88. The van der Waals surface area contributed by atoms with E-state index in [0.29, 0.717) is 0 Å². The monoisotopic (exact) mass is 998 g/mol. The Labute approximate surface area is 447 Å². The summed E-state index contributed by atoms with van der Waals surface area (Å²) < 4.78 is 17.8. The van der Waals surface area contributed by atoms with E-state index in [0.717, 1.165) is 78.3 Å². The predicted octanol–water partition coefficient (Wildman–Crippen LogP) is 20.4. The van der Waals surface area contributed by atoms with E-state index in [4.69, 9.17) is 8.83 Å². The second kappa shape index (κ2) is 16.1. The molecule has 0 radical (unpaired) electrons. The van der Waals surface area contributed by atoms with Gasteiger partial charge in [0.2, 0.25) is 0 Å². The second-order valence-corrected chi connectivity index (χ2v) is 21.0. The number of hydrogen-bond acceptors (Lipinski definition) is 4. The Morgan fingerprint density at radius 3 is 1.15 bits per heavy atom. The van der Waals surface area contributed by atoms with Gasteiger partial charge in [0.15, 0.2) is 0 Å². The molecule has 0 saturated heterocycles. The quantitative estimate of drug-likeness (QED) is 0.152. The van der Waals surface area contributed by atoms with Gasteiger partial charge >= 0.3 is 0 Å². The molecule has 17 rings (SSSR count). The van der Waals surface area contributed by atoms with Gasteiger partial charge in [-0.25, -0.2) is 0 Å². The normalized spacial score (nSPS) is 12.2. The first kappa shape index (κ1) is 43.0. The topological polar surface area (TPSA) is 41.6 Å². The van der Waals surface area contributed by atoms with Crippen LogP contribution in [-0.2, 0) is 0 Å². The Balaban J connectivity index is 0.947. The van der Waals surface area contributed by atoms with E-state index in [1.165, 1.54) is 87.3 Å². The number of nitrogens with zero attached hydrogens (tertiary/aromatic N) is 4. The minimum atomic E-state index is 0.867. The molecule has 6 aromatic heterocycles. The highest BCUT2D eigenvalue weighted by Gasteiger charge is 2.30. The molecule has 0 atom stereocenters. The van der Waals surface area contributed by atoms with E-state index in [-0.39, 0.29) is 0 Å². The maximum atomic E-state index is 6.38. The van der Waals surface area contributed by atoms with Gasteiger partial charge in [0.05, 0.1) is 68.4 Å². The number of para-hydroxylation sites is 2. The highest BCUT2D eigenvalue weighted by molar-refractivity contribution is 6.32. The van der Waals surface area contributed by atoms with Crippen molar-refractivity contribution in [3.8, 4) is 22.3 Å². The van der Waals surface area contributed by atoms with Gasteiger partial charge in [-0.2, -0.15) is 0 Å². The van der Waals surface area contributed by atoms with Crippen LogP contribution in [-0.4, -0.2) is 8.80 Å². The zero-order valence-electron chi connectivity index (χ0n) is 42.7.